The Balaban J connectivity index is 1.66. The lowest BCUT2D eigenvalue weighted by atomic mass is 10.2. The van der Waals surface area contributed by atoms with Gasteiger partial charge in [0.2, 0.25) is 0 Å². The van der Waals surface area contributed by atoms with Crippen molar-refractivity contribution in [3.8, 4) is 5.69 Å². The summed E-state index contributed by atoms with van der Waals surface area (Å²) in [6, 6.07) is 19.6. The molecule has 2 N–H and O–H groups in total. The lowest BCUT2D eigenvalue weighted by molar-refractivity contribution is 0.102. The lowest BCUT2D eigenvalue weighted by Crippen LogP contribution is -2.13. The van der Waals surface area contributed by atoms with Crippen LogP contribution in [-0.4, -0.2) is 20.7 Å². The van der Waals surface area contributed by atoms with E-state index in [1.807, 2.05) is 79.2 Å². The summed E-state index contributed by atoms with van der Waals surface area (Å²) in [6.45, 7) is 3.85. The second kappa shape index (κ2) is 5.94. The van der Waals surface area contributed by atoms with Gasteiger partial charge in [0.1, 0.15) is 5.69 Å². The first-order chi connectivity index (χ1) is 12.1. The Labute approximate surface area is 145 Å². The molecule has 5 nitrogen and oxygen atoms in total. The molecule has 0 saturated heterocycles. The van der Waals surface area contributed by atoms with E-state index in [0.717, 1.165) is 33.7 Å². The number of H-pyrrole nitrogens is 1. The highest BCUT2D eigenvalue weighted by Gasteiger charge is 2.17. The standard InChI is InChI=1S/C20H18N4O/c1-13-19(14(2)24(23-13)16-9-4-3-5-10-16)22-20(25)18-12-15-8-6-7-11-17(15)21-18/h3-12,21H,1-2H3,(H,22,25). The molecule has 0 aliphatic heterocycles. The third kappa shape index (κ3) is 2.70. The molecule has 0 saturated carbocycles. The average molecular weight is 330 g/mol. The van der Waals surface area contributed by atoms with Gasteiger partial charge in [-0.3, -0.25) is 4.79 Å². The average Bonchev–Trinajstić information content (AvgIpc) is 3.19. The van der Waals surface area contributed by atoms with Gasteiger partial charge in [0.25, 0.3) is 5.91 Å². The molecule has 0 aliphatic rings. The minimum absolute atomic E-state index is 0.171. The Hall–Kier alpha value is -3.34. The molecular formula is C20H18N4O. The first-order valence-corrected chi connectivity index (χ1v) is 8.14. The van der Waals surface area contributed by atoms with Gasteiger partial charge in [0.05, 0.1) is 22.8 Å². The number of fused-ring (bicyclic) bond motifs is 1. The summed E-state index contributed by atoms with van der Waals surface area (Å²) in [7, 11) is 0. The van der Waals surface area contributed by atoms with Crippen molar-refractivity contribution in [3.05, 3.63) is 77.7 Å². The van der Waals surface area contributed by atoms with E-state index in [9.17, 15) is 4.79 Å². The van der Waals surface area contributed by atoms with E-state index in [1.165, 1.54) is 0 Å². The van der Waals surface area contributed by atoms with E-state index < -0.39 is 0 Å². The van der Waals surface area contributed by atoms with Crippen molar-refractivity contribution in [2.24, 2.45) is 0 Å². The van der Waals surface area contributed by atoms with Crippen molar-refractivity contribution >= 4 is 22.5 Å². The van der Waals surface area contributed by atoms with Crippen molar-refractivity contribution in [2.45, 2.75) is 13.8 Å². The number of aryl methyl sites for hydroxylation is 1. The van der Waals surface area contributed by atoms with E-state index in [1.54, 1.807) is 0 Å². The quantitative estimate of drug-likeness (QED) is 0.591. The molecule has 0 atom stereocenters. The molecule has 4 rings (SSSR count). The van der Waals surface area contributed by atoms with Gasteiger partial charge in [0, 0.05) is 10.9 Å². The monoisotopic (exact) mass is 330 g/mol. The van der Waals surface area contributed by atoms with Gasteiger partial charge in [-0.1, -0.05) is 36.4 Å². The first kappa shape index (κ1) is 15.2. The van der Waals surface area contributed by atoms with E-state index >= 15 is 0 Å². The number of amides is 1. The fourth-order valence-electron chi connectivity index (χ4n) is 3.02. The SMILES string of the molecule is Cc1nn(-c2ccccc2)c(C)c1NC(=O)c1cc2ccccc2[nH]1. The second-order valence-corrected chi connectivity index (χ2v) is 6.02. The Morgan fingerprint density at radius 1 is 1.04 bits per heavy atom. The molecule has 0 fully saturated rings. The third-order valence-corrected chi connectivity index (χ3v) is 4.31. The van der Waals surface area contributed by atoms with Crippen LogP contribution in [0.3, 0.4) is 0 Å². The number of anilines is 1. The number of hydrogen-bond acceptors (Lipinski definition) is 2. The van der Waals surface area contributed by atoms with Crippen LogP contribution in [0.15, 0.2) is 60.7 Å². The molecule has 0 bridgehead atoms. The highest BCUT2D eigenvalue weighted by molar-refractivity contribution is 6.06. The Morgan fingerprint density at radius 3 is 2.52 bits per heavy atom. The molecule has 0 spiro atoms. The number of nitrogens with zero attached hydrogens (tertiary/aromatic N) is 2. The maximum absolute atomic E-state index is 12.7. The Kier molecular flexibility index (Phi) is 3.61. The normalized spacial score (nSPS) is 11.0. The zero-order valence-corrected chi connectivity index (χ0v) is 14.1. The van der Waals surface area contributed by atoms with Gasteiger partial charge >= 0.3 is 0 Å². The summed E-state index contributed by atoms with van der Waals surface area (Å²) in [6.07, 6.45) is 0. The molecular weight excluding hydrogens is 312 g/mol. The number of rotatable bonds is 3. The van der Waals surface area contributed by atoms with Crippen molar-refractivity contribution in [1.82, 2.24) is 14.8 Å². The maximum atomic E-state index is 12.7. The highest BCUT2D eigenvalue weighted by Crippen LogP contribution is 2.24. The molecule has 2 aromatic heterocycles. The number of nitrogens with one attached hydrogen (secondary N) is 2. The van der Waals surface area contributed by atoms with E-state index in [2.05, 4.69) is 15.4 Å². The lowest BCUT2D eigenvalue weighted by Gasteiger charge is -2.06. The van der Waals surface area contributed by atoms with Gasteiger partial charge in [-0.2, -0.15) is 5.10 Å². The molecule has 124 valence electrons. The van der Waals surface area contributed by atoms with Crippen LogP contribution in [0, 0.1) is 13.8 Å². The van der Waals surface area contributed by atoms with Crippen LogP contribution in [-0.2, 0) is 0 Å². The molecule has 1 amide bonds. The molecule has 0 radical (unpaired) electrons. The molecule has 5 heteroatoms. The van der Waals surface area contributed by atoms with E-state index in [-0.39, 0.29) is 5.91 Å². The summed E-state index contributed by atoms with van der Waals surface area (Å²) in [5.74, 6) is -0.171. The maximum Gasteiger partial charge on any atom is 0.272 e. The van der Waals surface area contributed by atoms with Crippen LogP contribution in [0.25, 0.3) is 16.6 Å². The van der Waals surface area contributed by atoms with Crippen LogP contribution >= 0.6 is 0 Å². The Morgan fingerprint density at radius 2 is 1.76 bits per heavy atom. The largest absolute Gasteiger partial charge is 0.351 e. The summed E-state index contributed by atoms with van der Waals surface area (Å²) in [5.41, 5.74) is 4.87. The summed E-state index contributed by atoms with van der Waals surface area (Å²) in [4.78, 5) is 15.8. The third-order valence-electron chi connectivity index (χ3n) is 4.31. The minimum atomic E-state index is -0.171. The molecule has 4 aromatic rings. The van der Waals surface area contributed by atoms with Gasteiger partial charge in [-0.05, 0) is 38.1 Å². The molecule has 2 heterocycles. The predicted octanol–water partition coefficient (Wildman–Crippen LogP) is 4.22. The first-order valence-electron chi connectivity index (χ1n) is 8.14. The van der Waals surface area contributed by atoms with Crippen molar-refractivity contribution in [1.29, 1.82) is 0 Å². The summed E-state index contributed by atoms with van der Waals surface area (Å²) >= 11 is 0. The van der Waals surface area contributed by atoms with Crippen LogP contribution in [0.4, 0.5) is 5.69 Å². The topological polar surface area (TPSA) is 62.7 Å². The fraction of sp³-hybridized carbons (Fsp3) is 0.100. The van der Waals surface area contributed by atoms with Crippen LogP contribution < -0.4 is 5.32 Å². The van der Waals surface area contributed by atoms with Crippen molar-refractivity contribution in [2.75, 3.05) is 5.32 Å². The van der Waals surface area contributed by atoms with Gasteiger partial charge in [-0.25, -0.2) is 4.68 Å². The predicted molar refractivity (Wildman–Crippen MR) is 99.3 cm³/mol. The molecule has 2 aromatic carbocycles. The number of aromatic nitrogens is 3. The minimum Gasteiger partial charge on any atom is -0.351 e. The van der Waals surface area contributed by atoms with Crippen LogP contribution in [0.1, 0.15) is 21.9 Å². The number of benzene rings is 2. The fourth-order valence-corrected chi connectivity index (χ4v) is 3.02. The van der Waals surface area contributed by atoms with Gasteiger partial charge < -0.3 is 10.3 Å². The number of para-hydroxylation sites is 2. The Bertz CT molecular complexity index is 1030. The summed E-state index contributed by atoms with van der Waals surface area (Å²) < 4.78 is 1.84. The number of aromatic amines is 1. The second-order valence-electron chi connectivity index (χ2n) is 6.02. The molecule has 25 heavy (non-hydrogen) atoms. The van der Waals surface area contributed by atoms with E-state index in [0.29, 0.717) is 5.69 Å². The van der Waals surface area contributed by atoms with Crippen LogP contribution in [0.2, 0.25) is 0 Å². The van der Waals surface area contributed by atoms with Crippen LogP contribution in [0.5, 0.6) is 0 Å². The number of hydrogen-bond donors (Lipinski definition) is 2. The smallest absolute Gasteiger partial charge is 0.272 e. The molecule has 0 unspecified atom stereocenters. The van der Waals surface area contributed by atoms with Crippen molar-refractivity contribution < 1.29 is 4.79 Å². The van der Waals surface area contributed by atoms with Gasteiger partial charge in [-0.15, -0.1) is 0 Å². The number of carbonyl (C=O) groups is 1. The number of carbonyl (C=O) groups excluding carboxylic acids is 1. The van der Waals surface area contributed by atoms with E-state index in [4.69, 9.17) is 0 Å². The molecule has 0 aliphatic carbocycles. The zero-order chi connectivity index (χ0) is 17.4. The van der Waals surface area contributed by atoms with Crippen molar-refractivity contribution in [3.63, 3.8) is 0 Å². The highest BCUT2D eigenvalue weighted by atomic mass is 16.1. The summed E-state index contributed by atoms with van der Waals surface area (Å²) in [5, 5.41) is 8.57. The zero-order valence-electron chi connectivity index (χ0n) is 14.1. The van der Waals surface area contributed by atoms with Gasteiger partial charge in [0.15, 0.2) is 0 Å².